The van der Waals surface area contributed by atoms with Crippen LogP contribution in [0.1, 0.15) is 27.7 Å². The number of carboxylic acid groups (broad SMARTS) is 2. The van der Waals surface area contributed by atoms with Crippen LogP contribution >= 0.6 is 0 Å². The Morgan fingerprint density at radius 1 is 0.833 bits per heavy atom. The number of hydrogen-bond donors (Lipinski definition) is 4. The highest BCUT2D eigenvalue weighted by atomic mass is 16.4. The maximum absolute atomic E-state index is 9.60. The lowest BCUT2D eigenvalue weighted by molar-refractivity contribution is -0.133. The quantitative estimate of drug-likeness (QED) is 0.559. The number of aliphatic carboxylic acids is 2. The summed E-state index contributed by atoms with van der Waals surface area (Å²) >= 11 is 0. The average Bonchev–Trinajstić information content (AvgIpc) is 2.20. The van der Waals surface area contributed by atoms with E-state index in [9.17, 15) is 9.59 Å². The molecule has 0 fully saturated rings. The molecule has 0 radical (unpaired) electrons. The molecule has 4 N–H and O–H groups in total. The number of hydrogen-bond acceptors (Lipinski definition) is 4. The number of aliphatic hydroxyl groups excluding tert-OH is 2. The summed E-state index contributed by atoms with van der Waals surface area (Å²) < 4.78 is 0. The first-order valence-corrected chi connectivity index (χ1v) is 5.11. The van der Waals surface area contributed by atoms with Crippen molar-refractivity contribution in [1.82, 2.24) is 0 Å². The minimum absolute atomic E-state index is 0.176. The van der Waals surface area contributed by atoms with Crippen LogP contribution in [-0.2, 0) is 9.59 Å². The summed E-state index contributed by atoms with van der Waals surface area (Å²) in [5.41, 5.74) is 0.352. The van der Waals surface area contributed by atoms with Gasteiger partial charge in [-0.25, -0.2) is 9.59 Å². The Balaban J connectivity index is -0.0000000770. The third-order valence-corrected chi connectivity index (χ3v) is 0.730. The molecule has 0 saturated carbocycles. The molecule has 6 nitrogen and oxygen atoms in total. The predicted molar refractivity (Wildman–Crippen MR) is 70.4 cm³/mol. The Kier molecular flexibility index (Phi) is 29.1. The summed E-state index contributed by atoms with van der Waals surface area (Å²) in [6, 6.07) is 0. The van der Waals surface area contributed by atoms with Crippen molar-refractivity contribution in [1.29, 1.82) is 0 Å². The Bertz CT molecular complexity index is 195. The summed E-state index contributed by atoms with van der Waals surface area (Å²) in [6.45, 7) is 13.1. The highest BCUT2D eigenvalue weighted by Crippen LogP contribution is 1.81. The zero-order valence-corrected chi connectivity index (χ0v) is 11.4. The molecule has 0 aromatic carbocycles. The lowest BCUT2D eigenvalue weighted by Crippen LogP contribution is -1.92. The Morgan fingerprint density at radius 2 is 0.889 bits per heavy atom. The van der Waals surface area contributed by atoms with Gasteiger partial charge in [0.05, 0.1) is 0 Å². The topological polar surface area (TPSA) is 115 Å². The highest BCUT2D eigenvalue weighted by Gasteiger charge is 1.90. The van der Waals surface area contributed by atoms with E-state index in [0.717, 1.165) is 0 Å². The van der Waals surface area contributed by atoms with Crippen molar-refractivity contribution in [2.75, 3.05) is 13.2 Å². The molecule has 0 aliphatic heterocycles. The molecule has 18 heavy (non-hydrogen) atoms. The van der Waals surface area contributed by atoms with Gasteiger partial charge in [-0.1, -0.05) is 13.2 Å². The van der Waals surface area contributed by atoms with Crippen LogP contribution in [0.25, 0.3) is 0 Å². The predicted octanol–water partition coefficient (Wildman–Crippen LogP) is 1.29. The van der Waals surface area contributed by atoms with Crippen LogP contribution in [0.15, 0.2) is 24.3 Å². The summed E-state index contributed by atoms with van der Waals surface area (Å²) in [6.07, 6.45) is 0. The molecule has 108 valence electrons. The van der Waals surface area contributed by atoms with Gasteiger partial charge in [0, 0.05) is 24.4 Å². The van der Waals surface area contributed by atoms with E-state index in [1.54, 1.807) is 13.8 Å². The van der Waals surface area contributed by atoms with Gasteiger partial charge in [-0.2, -0.15) is 0 Å². The van der Waals surface area contributed by atoms with Gasteiger partial charge in [0.2, 0.25) is 0 Å². The van der Waals surface area contributed by atoms with Crippen molar-refractivity contribution in [3.05, 3.63) is 24.3 Å². The number of carbonyl (C=O) groups is 2. The lowest BCUT2D eigenvalue weighted by atomic mass is 10.4. The molecule has 0 aliphatic carbocycles. The minimum atomic E-state index is -0.935. The molecule has 0 rings (SSSR count). The monoisotopic (exact) mass is 264 g/mol. The molecule has 0 amide bonds. The zero-order valence-electron chi connectivity index (χ0n) is 11.4. The summed E-state index contributed by atoms with van der Waals surface area (Å²) in [7, 11) is 0. The van der Waals surface area contributed by atoms with E-state index in [2.05, 4.69) is 13.2 Å². The first kappa shape index (κ1) is 25.3. The maximum atomic E-state index is 9.60. The SMILES string of the molecule is C=C(C)C(=O)O.C=C(C)C(=O)O.CCO.CCO. The number of rotatable bonds is 2. The van der Waals surface area contributed by atoms with E-state index in [1.165, 1.54) is 13.8 Å². The van der Waals surface area contributed by atoms with Gasteiger partial charge in [-0.05, 0) is 27.7 Å². The zero-order chi connectivity index (χ0) is 15.7. The smallest absolute Gasteiger partial charge is 0.330 e. The Hall–Kier alpha value is -1.66. The normalized spacial score (nSPS) is 7.00. The van der Waals surface area contributed by atoms with E-state index < -0.39 is 11.9 Å². The molecule has 0 unspecified atom stereocenters. The molecule has 0 aromatic rings. The molecule has 0 atom stereocenters. The largest absolute Gasteiger partial charge is 0.478 e. The molecular formula is C12H24O6. The fraction of sp³-hybridized carbons (Fsp3) is 0.500. The summed E-state index contributed by atoms with van der Waals surface area (Å²) in [4.78, 5) is 19.2. The van der Waals surface area contributed by atoms with Gasteiger partial charge in [-0.15, -0.1) is 0 Å². The van der Waals surface area contributed by atoms with E-state index in [-0.39, 0.29) is 24.4 Å². The van der Waals surface area contributed by atoms with Crippen LogP contribution in [-0.4, -0.2) is 45.6 Å². The van der Waals surface area contributed by atoms with Crippen LogP contribution in [0, 0.1) is 0 Å². The van der Waals surface area contributed by atoms with Gasteiger partial charge < -0.3 is 20.4 Å². The van der Waals surface area contributed by atoms with Crippen LogP contribution in [0.5, 0.6) is 0 Å². The molecule has 0 bridgehead atoms. The van der Waals surface area contributed by atoms with E-state index in [1.807, 2.05) is 0 Å². The van der Waals surface area contributed by atoms with Crippen molar-refractivity contribution in [3.63, 3.8) is 0 Å². The second kappa shape index (κ2) is 20.7. The van der Waals surface area contributed by atoms with Gasteiger partial charge in [0.1, 0.15) is 0 Å². The Morgan fingerprint density at radius 3 is 0.889 bits per heavy atom. The van der Waals surface area contributed by atoms with Crippen LogP contribution in [0.2, 0.25) is 0 Å². The fourth-order valence-corrected chi connectivity index (χ4v) is 0. The molecule has 0 aliphatic rings. The van der Waals surface area contributed by atoms with Gasteiger partial charge in [0.15, 0.2) is 0 Å². The Labute approximate surface area is 108 Å². The maximum Gasteiger partial charge on any atom is 0.330 e. The fourth-order valence-electron chi connectivity index (χ4n) is 0. The van der Waals surface area contributed by atoms with Crippen molar-refractivity contribution in [2.24, 2.45) is 0 Å². The molecule has 0 aromatic heterocycles. The average molecular weight is 264 g/mol. The number of carboxylic acids is 2. The standard InChI is InChI=1S/2C4H6O2.2C2H6O/c2*1-3(2)4(5)6;2*1-2-3/h2*1H2,2H3,(H,5,6);2*3H,2H2,1H3. The first-order chi connectivity index (χ1) is 8.11. The van der Waals surface area contributed by atoms with Gasteiger partial charge in [0.25, 0.3) is 0 Å². The van der Waals surface area contributed by atoms with E-state index in [0.29, 0.717) is 0 Å². The van der Waals surface area contributed by atoms with Gasteiger partial charge >= 0.3 is 11.9 Å². The van der Waals surface area contributed by atoms with Crippen molar-refractivity contribution >= 4 is 11.9 Å². The van der Waals surface area contributed by atoms with E-state index >= 15 is 0 Å². The van der Waals surface area contributed by atoms with Crippen LogP contribution in [0.4, 0.5) is 0 Å². The van der Waals surface area contributed by atoms with Crippen LogP contribution < -0.4 is 0 Å². The second-order valence-corrected chi connectivity index (χ2v) is 2.80. The summed E-state index contributed by atoms with van der Waals surface area (Å²) in [5.74, 6) is -1.87. The third kappa shape index (κ3) is 63.5. The van der Waals surface area contributed by atoms with Gasteiger partial charge in [-0.3, -0.25) is 0 Å². The van der Waals surface area contributed by atoms with Crippen molar-refractivity contribution in [3.8, 4) is 0 Å². The minimum Gasteiger partial charge on any atom is -0.478 e. The highest BCUT2D eigenvalue weighted by molar-refractivity contribution is 5.85. The second-order valence-electron chi connectivity index (χ2n) is 2.80. The molecule has 0 heterocycles. The molecule has 0 saturated heterocycles. The molecular weight excluding hydrogens is 240 g/mol. The summed E-state index contributed by atoms with van der Waals surface area (Å²) in [5, 5.41) is 30.9. The van der Waals surface area contributed by atoms with Crippen LogP contribution in [0.3, 0.4) is 0 Å². The lowest BCUT2D eigenvalue weighted by Gasteiger charge is -1.79. The molecule has 0 spiro atoms. The van der Waals surface area contributed by atoms with Crippen molar-refractivity contribution < 1.29 is 30.0 Å². The first-order valence-electron chi connectivity index (χ1n) is 5.11. The number of aliphatic hydroxyl groups is 2. The molecule has 6 heteroatoms. The van der Waals surface area contributed by atoms with E-state index in [4.69, 9.17) is 20.4 Å². The third-order valence-electron chi connectivity index (χ3n) is 0.730. The van der Waals surface area contributed by atoms with Crippen molar-refractivity contribution in [2.45, 2.75) is 27.7 Å².